The lowest BCUT2D eigenvalue weighted by Crippen LogP contribution is -2.26. The van der Waals surface area contributed by atoms with Gasteiger partial charge in [0.15, 0.2) is 9.84 Å². The Kier molecular flexibility index (Phi) is 6.92. The van der Waals surface area contributed by atoms with Crippen molar-refractivity contribution in [3.05, 3.63) is 96.4 Å². The molecule has 1 amide bonds. The molecule has 0 spiro atoms. The average molecular weight is 466 g/mol. The summed E-state index contributed by atoms with van der Waals surface area (Å²) in [6.45, 7) is 0.301. The number of nitrogens with zero attached hydrogens (tertiary/aromatic N) is 2. The zero-order valence-corrected chi connectivity index (χ0v) is 19.0. The zero-order valence-electron chi connectivity index (χ0n) is 17.3. The van der Waals surface area contributed by atoms with E-state index in [1.807, 2.05) is 47.1 Å². The largest absolute Gasteiger partial charge is 0.352 e. The van der Waals surface area contributed by atoms with Gasteiger partial charge in [-0.15, -0.1) is 11.8 Å². The Morgan fingerprint density at radius 2 is 1.72 bits per heavy atom. The molecular formula is C24H23N3O3S2. The van der Waals surface area contributed by atoms with Crippen molar-refractivity contribution in [2.24, 2.45) is 0 Å². The van der Waals surface area contributed by atoms with Crippen LogP contribution in [0.2, 0.25) is 0 Å². The number of aromatic nitrogens is 2. The topological polar surface area (TPSA) is 80.5 Å². The van der Waals surface area contributed by atoms with Crippen LogP contribution >= 0.6 is 11.8 Å². The van der Waals surface area contributed by atoms with E-state index in [0.717, 1.165) is 22.0 Å². The molecule has 0 aliphatic carbocycles. The van der Waals surface area contributed by atoms with E-state index in [0.29, 0.717) is 23.4 Å². The fraction of sp³-hybridized carbons (Fsp3) is 0.167. The molecule has 0 radical (unpaired) electrons. The average Bonchev–Trinajstić information content (AvgIpc) is 3.24. The van der Waals surface area contributed by atoms with Crippen LogP contribution in [-0.4, -0.2) is 36.0 Å². The highest BCUT2D eigenvalue weighted by molar-refractivity contribution is 7.98. The lowest BCUT2D eigenvalue weighted by atomic mass is 10.2. The van der Waals surface area contributed by atoms with Gasteiger partial charge in [0.1, 0.15) is 5.65 Å². The lowest BCUT2D eigenvalue weighted by Gasteiger charge is -2.07. The van der Waals surface area contributed by atoms with E-state index >= 15 is 0 Å². The summed E-state index contributed by atoms with van der Waals surface area (Å²) < 4.78 is 26.6. The molecule has 0 bridgehead atoms. The van der Waals surface area contributed by atoms with Crippen LogP contribution in [0.5, 0.6) is 0 Å². The third kappa shape index (κ3) is 5.57. The molecule has 1 N–H and O–H groups in total. The van der Waals surface area contributed by atoms with Crippen molar-refractivity contribution < 1.29 is 13.2 Å². The highest BCUT2D eigenvalue weighted by atomic mass is 32.2. The number of hydrogen-bond acceptors (Lipinski definition) is 5. The van der Waals surface area contributed by atoms with Crippen molar-refractivity contribution in [2.75, 3.05) is 12.3 Å². The molecular weight excluding hydrogens is 442 g/mol. The minimum absolute atomic E-state index is 0.00404. The van der Waals surface area contributed by atoms with Gasteiger partial charge in [-0.25, -0.2) is 13.4 Å². The molecule has 0 saturated heterocycles. The molecule has 4 rings (SSSR count). The Bertz CT molecular complexity index is 1270. The van der Waals surface area contributed by atoms with Gasteiger partial charge in [-0.2, -0.15) is 0 Å². The summed E-state index contributed by atoms with van der Waals surface area (Å²) in [7, 11) is -3.33. The van der Waals surface area contributed by atoms with Crippen molar-refractivity contribution >= 4 is 33.2 Å². The highest BCUT2D eigenvalue weighted by Gasteiger charge is 2.13. The molecule has 0 aliphatic rings. The minimum Gasteiger partial charge on any atom is -0.352 e. The number of sulfone groups is 1. The molecule has 8 heteroatoms. The van der Waals surface area contributed by atoms with Crippen molar-refractivity contribution in [3.8, 4) is 0 Å². The Labute approximate surface area is 191 Å². The first kappa shape index (κ1) is 22.1. The van der Waals surface area contributed by atoms with Gasteiger partial charge in [0.25, 0.3) is 5.91 Å². The SMILES string of the molecule is O=C(NCCCS(=O)(=O)c1ccccc1)c1ccc(SCc2cn3ccccc3n2)cc1. The van der Waals surface area contributed by atoms with Gasteiger partial charge in [0, 0.05) is 35.2 Å². The maximum absolute atomic E-state index is 12.3. The van der Waals surface area contributed by atoms with Crippen molar-refractivity contribution in [2.45, 2.75) is 22.0 Å². The Balaban J connectivity index is 1.24. The monoisotopic (exact) mass is 465 g/mol. The number of benzene rings is 2. The van der Waals surface area contributed by atoms with Gasteiger partial charge < -0.3 is 9.72 Å². The fourth-order valence-corrected chi connectivity index (χ4v) is 5.34. The fourth-order valence-electron chi connectivity index (χ4n) is 3.23. The molecule has 4 aromatic rings. The summed E-state index contributed by atoms with van der Waals surface area (Å²) in [5.74, 6) is 0.526. The molecule has 0 atom stereocenters. The van der Waals surface area contributed by atoms with Crippen molar-refractivity contribution in [1.82, 2.24) is 14.7 Å². The molecule has 0 fully saturated rings. The molecule has 2 aromatic carbocycles. The number of imidazole rings is 1. The second kappa shape index (κ2) is 10.0. The second-order valence-corrected chi connectivity index (χ2v) is 10.4. The molecule has 6 nitrogen and oxygen atoms in total. The van der Waals surface area contributed by atoms with Crippen LogP contribution in [-0.2, 0) is 15.6 Å². The third-order valence-electron chi connectivity index (χ3n) is 4.89. The first-order valence-electron chi connectivity index (χ1n) is 10.2. The maximum atomic E-state index is 12.3. The highest BCUT2D eigenvalue weighted by Crippen LogP contribution is 2.23. The van der Waals surface area contributed by atoms with Gasteiger partial charge in [-0.05, 0) is 55.0 Å². The van der Waals surface area contributed by atoms with Crippen LogP contribution in [0, 0.1) is 0 Å². The second-order valence-electron chi connectivity index (χ2n) is 7.25. The normalized spacial score (nSPS) is 11.5. The van der Waals surface area contributed by atoms with Crippen LogP contribution in [0.25, 0.3) is 5.65 Å². The first-order valence-corrected chi connectivity index (χ1v) is 12.9. The third-order valence-corrected chi connectivity index (χ3v) is 7.76. The summed E-state index contributed by atoms with van der Waals surface area (Å²) in [6, 6.07) is 21.6. The molecule has 0 aliphatic heterocycles. The van der Waals surface area contributed by atoms with E-state index in [9.17, 15) is 13.2 Å². The zero-order chi connectivity index (χ0) is 22.4. The minimum atomic E-state index is -3.33. The van der Waals surface area contributed by atoms with Gasteiger partial charge in [-0.1, -0.05) is 24.3 Å². The summed E-state index contributed by atoms with van der Waals surface area (Å²) in [5, 5.41) is 2.79. The Morgan fingerprint density at radius 1 is 0.969 bits per heavy atom. The number of thioether (sulfide) groups is 1. The number of nitrogens with one attached hydrogen (secondary N) is 1. The van der Waals surface area contributed by atoms with Crippen molar-refractivity contribution in [3.63, 3.8) is 0 Å². The van der Waals surface area contributed by atoms with Crippen molar-refractivity contribution in [1.29, 1.82) is 0 Å². The van der Waals surface area contributed by atoms with E-state index in [2.05, 4.69) is 10.3 Å². The number of fused-ring (bicyclic) bond motifs is 1. The van der Waals surface area contributed by atoms with Crippen LogP contribution < -0.4 is 5.32 Å². The van der Waals surface area contributed by atoms with E-state index in [1.165, 1.54) is 0 Å². The smallest absolute Gasteiger partial charge is 0.251 e. The van der Waals surface area contributed by atoms with E-state index in [-0.39, 0.29) is 11.7 Å². The quantitative estimate of drug-likeness (QED) is 0.296. The molecule has 0 unspecified atom stereocenters. The number of carbonyl (C=O) groups is 1. The Hall–Kier alpha value is -3.10. The molecule has 2 heterocycles. The number of rotatable bonds is 9. The van der Waals surface area contributed by atoms with E-state index in [4.69, 9.17) is 0 Å². The predicted molar refractivity (Wildman–Crippen MR) is 127 cm³/mol. The number of pyridine rings is 1. The van der Waals surface area contributed by atoms with Gasteiger partial charge in [0.05, 0.1) is 16.3 Å². The first-order chi connectivity index (χ1) is 15.5. The van der Waals surface area contributed by atoms with Crippen LogP contribution in [0.4, 0.5) is 0 Å². The standard InChI is InChI=1S/C24H23N3O3S2/c28-24(25-14-6-16-32(29,30)22-7-2-1-3-8-22)19-10-12-21(13-11-19)31-18-20-17-27-15-5-4-9-23(27)26-20/h1-5,7-13,15,17H,6,14,16,18H2,(H,25,28). The molecule has 32 heavy (non-hydrogen) atoms. The summed E-state index contributed by atoms with van der Waals surface area (Å²) in [4.78, 5) is 18.3. The van der Waals surface area contributed by atoms with E-state index in [1.54, 1.807) is 54.2 Å². The predicted octanol–water partition coefficient (Wildman–Crippen LogP) is 4.22. The molecule has 2 aromatic heterocycles. The number of hydrogen-bond donors (Lipinski definition) is 1. The van der Waals surface area contributed by atoms with Gasteiger partial charge in [-0.3, -0.25) is 4.79 Å². The summed E-state index contributed by atoms with van der Waals surface area (Å²) >= 11 is 1.66. The maximum Gasteiger partial charge on any atom is 0.251 e. The van der Waals surface area contributed by atoms with Crippen LogP contribution in [0.3, 0.4) is 0 Å². The number of amides is 1. The van der Waals surface area contributed by atoms with E-state index < -0.39 is 9.84 Å². The van der Waals surface area contributed by atoms with Crippen LogP contribution in [0.1, 0.15) is 22.5 Å². The molecule has 0 saturated carbocycles. The van der Waals surface area contributed by atoms with Gasteiger partial charge in [0.2, 0.25) is 0 Å². The van der Waals surface area contributed by atoms with Crippen LogP contribution in [0.15, 0.2) is 95.0 Å². The Morgan fingerprint density at radius 3 is 2.47 bits per heavy atom. The summed E-state index contributed by atoms with van der Waals surface area (Å²) in [5.41, 5.74) is 2.47. The molecule has 164 valence electrons. The van der Waals surface area contributed by atoms with Gasteiger partial charge >= 0.3 is 0 Å². The number of carbonyl (C=O) groups excluding carboxylic acids is 1. The lowest BCUT2D eigenvalue weighted by molar-refractivity contribution is 0.0953. The summed E-state index contributed by atoms with van der Waals surface area (Å²) in [6.07, 6.45) is 4.35.